The number of hydrogen-bond acceptors (Lipinski definition) is 10. The number of halogens is 2. The fourth-order valence-corrected chi connectivity index (χ4v) is 6.27. The van der Waals surface area contributed by atoms with Crippen LogP contribution >= 0.6 is 23.2 Å². The second kappa shape index (κ2) is 12.8. The molecule has 12 nitrogen and oxygen atoms in total. The van der Waals surface area contributed by atoms with Crippen molar-refractivity contribution in [2.45, 2.75) is 58.7 Å². The van der Waals surface area contributed by atoms with E-state index >= 15 is 0 Å². The molecule has 1 amide bonds. The van der Waals surface area contributed by atoms with Crippen LogP contribution in [0.15, 0.2) is 29.2 Å². The lowest BCUT2D eigenvalue weighted by molar-refractivity contribution is 0.0145. The fourth-order valence-electron chi connectivity index (χ4n) is 5.71. The Hall–Kier alpha value is -3.66. The smallest absolute Gasteiger partial charge is 0.410 e. The summed E-state index contributed by atoms with van der Waals surface area (Å²) in [5, 5.41) is 15.1. The summed E-state index contributed by atoms with van der Waals surface area (Å²) < 4.78 is 6.79. The third kappa shape index (κ3) is 6.27. The molecule has 3 aromatic rings. The number of nitrogens with zero attached hydrogens (tertiary/aromatic N) is 9. The predicted octanol–water partition coefficient (Wildman–Crippen LogP) is 4.35. The van der Waals surface area contributed by atoms with Gasteiger partial charge in [0.25, 0.3) is 5.56 Å². The highest BCUT2D eigenvalue weighted by Gasteiger charge is 2.37. The maximum absolute atomic E-state index is 14.0. The summed E-state index contributed by atoms with van der Waals surface area (Å²) in [6, 6.07) is 7.11. The average molecular weight is 643 g/mol. The Morgan fingerprint density at radius 2 is 1.77 bits per heavy atom. The third-order valence-electron chi connectivity index (χ3n) is 7.97. The third-order valence-corrected chi connectivity index (χ3v) is 8.58. The van der Waals surface area contributed by atoms with Crippen LogP contribution in [0.4, 0.5) is 16.6 Å². The molecule has 0 N–H and O–H groups in total. The van der Waals surface area contributed by atoms with Crippen molar-refractivity contribution in [1.29, 1.82) is 5.26 Å². The molecule has 5 rings (SSSR count). The molecule has 1 unspecified atom stereocenters. The number of fused-ring (bicyclic) bond motifs is 1. The normalized spacial score (nSPS) is 17.6. The van der Waals surface area contributed by atoms with Gasteiger partial charge in [0.05, 0.1) is 40.2 Å². The number of likely N-dealkylation sites (N-methyl/N-ethyl adjacent to an activating group) is 1. The van der Waals surface area contributed by atoms with Crippen molar-refractivity contribution >= 4 is 52.0 Å². The van der Waals surface area contributed by atoms with Crippen molar-refractivity contribution in [2.24, 2.45) is 0 Å². The summed E-state index contributed by atoms with van der Waals surface area (Å²) in [6.45, 7) is 14.1. The lowest BCUT2D eigenvalue weighted by Gasteiger charge is -2.45. The Labute approximate surface area is 266 Å². The molecule has 0 bridgehead atoms. The van der Waals surface area contributed by atoms with Crippen molar-refractivity contribution < 1.29 is 9.53 Å². The summed E-state index contributed by atoms with van der Waals surface area (Å²) in [6.07, 6.45) is 1.19. The molecular weight excluding hydrogens is 605 g/mol. The van der Waals surface area contributed by atoms with Crippen molar-refractivity contribution in [3.63, 3.8) is 0 Å². The van der Waals surface area contributed by atoms with Crippen LogP contribution in [0.2, 0.25) is 10.0 Å². The number of piperazine rings is 1. The van der Waals surface area contributed by atoms with E-state index in [0.717, 1.165) is 26.2 Å². The van der Waals surface area contributed by atoms with Gasteiger partial charge in [-0.2, -0.15) is 20.0 Å². The number of carbonyl (C=O) groups excluding carboxylic acids is 1. The summed E-state index contributed by atoms with van der Waals surface area (Å²) in [5.74, 6) is 0.951. The van der Waals surface area contributed by atoms with Crippen molar-refractivity contribution in [2.75, 3.05) is 55.6 Å². The summed E-state index contributed by atoms with van der Waals surface area (Å²) in [5.41, 5.74) is -0.702. The topological polar surface area (TPSA) is 124 Å². The second-order valence-electron chi connectivity index (χ2n) is 12.0. The molecule has 0 aliphatic carbocycles. The Morgan fingerprint density at radius 1 is 1.09 bits per heavy atom. The summed E-state index contributed by atoms with van der Waals surface area (Å²) in [7, 11) is 0. The van der Waals surface area contributed by atoms with E-state index in [-0.39, 0.29) is 27.7 Å². The minimum Gasteiger partial charge on any atom is -0.444 e. The monoisotopic (exact) mass is 641 g/mol. The number of hydrogen-bond donors (Lipinski definition) is 0. The SMILES string of the molecule is CCN(CC)C1CN(c2nc(N3CCN(C(=O)OC(C)(C)C)C(CC#N)C3)c3cnn(-c4c(Cl)cccc4Cl)c(=O)c3n2)C1. The quantitative estimate of drug-likeness (QED) is 0.368. The van der Waals surface area contributed by atoms with Gasteiger partial charge in [0.1, 0.15) is 22.6 Å². The number of carbonyl (C=O) groups is 1. The van der Waals surface area contributed by atoms with Crippen LogP contribution in [-0.4, -0.2) is 99.1 Å². The van der Waals surface area contributed by atoms with Gasteiger partial charge in [0.2, 0.25) is 5.95 Å². The molecule has 2 aromatic heterocycles. The van der Waals surface area contributed by atoms with Crippen LogP contribution in [-0.2, 0) is 4.74 Å². The maximum atomic E-state index is 14.0. The number of benzene rings is 1. The molecule has 44 heavy (non-hydrogen) atoms. The summed E-state index contributed by atoms with van der Waals surface area (Å²) >= 11 is 12.9. The molecule has 234 valence electrons. The zero-order valence-corrected chi connectivity index (χ0v) is 27.1. The number of ether oxygens (including phenoxy) is 1. The van der Waals surface area contributed by atoms with Crippen LogP contribution in [0.25, 0.3) is 16.6 Å². The van der Waals surface area contributed by atoms with Gasteiger partial charge in [-0.25, -0.2) is 9.78 Å². The minimum atomic E-state index is -0.667. The zero-order valence-electron chi connectivity index (χ0n) is 25.6. The number of amides is 1. The first-order valence-electron chi connectivity index (χ1n) is 14.8. The highest BCUT2D eigenvalue weighted by molar-refractivity contribution is 6.37. The number of anilines is 2. The van der Waals surface area contributed by atoms with Crippen LogP contribution in [0.5, 0.6) is 0 Å². The van der Waals surface area contributed by atoms with E-state index in [0.29, 0.717) is 42.8 Å². The molecule has 2 saturated heterocycles. The molecule has 2 aliphatic rings. The first kappa shape index (κ1) is 31.8. The zero-order chi connectivity index (χ0) is 31.8. The van der Waals surface area contributed by atoms with Crippen LogP contribution in [0, 0.1) is 11.3 Å². The molecule has 1 atom stereocenters. The van der Waals surface area contributed by atoms with Crippen LogP contribution < -0.4 is 15.4 Å². The molecule has 0 spiro atoms. The number of nitriles is 1. The molecule has 2 fully saturated rings. The standard InChI is InChI=1S/C30H37Cl2N9O3/c1-6-37(7-2)20-17-39(18-20)28-35-24-21(15-34-41(27(24)42)25-22(31)9-8-10-23(25)32)26(36-28)38-13-14-40(19(16-38)11-12-33)29(43)44-30(3,4)5/h8-10,15,19-20H,6-7,11,13-14,16-18H2,1-5H3. The minimum absolute atomic E-state index is 0.110. The highest BCUT2D eigenvalue weighted by Crippen LogP contribution is 2.32. The largest absolute Gasteiger partial charge is 0.444 e. The second-order valence-corrected chi connectivity index (χ2v) is 12.8. The number of para-hydroxylation sites is 1. The first-order valence-corrected chi connectivity index (χ1v) is 15.6. The maximum Gasteiger partial charge on any atom is 0.410 e. The van der Waals surface area contributed by atoms with Gasteiger partial charge in [-0.3, -0.25) is 9.69 Å². The highest BCUT2D eigenvalue weighted by atomic mass is 35.5. The van der Waals surface area contributed by atoms with E-state index in [9.17, 15) is 14.9 Å². The van der Waals surface area contributed by atoms with Gasteiger partial charge in [-0.05, 0) is 46.0 Å². The molecule has 4 heterocycles. The van der Waals surface area contributed by atoms with E-state index in [1.807, 2.05) is 25.7 Å². The lowest BCUT2D eigenvalue weighted by Crippen LogP contribution is -2.60. The van der Waals surface area contributed by atoms with E-state index in [2.05, 4.69) is 34.8 Å². The average Bonchev–Trinajstić information content (AvgIpc) is 2.94. The number of rotatable bonds is 7. The Kier molecular flexibility index (Phi) is 9.20. The Balaban J connectivity index is 1.57. The van der Waals surface area contributed by atoms with Gasteiger partial charge < -0.3 is 19.4 Å². The van der Waals surface area contributed by atoms with Gasteiger partial charge >= 0.3 is 6.09 Å². The fraction of sp³-hybridized carbons (Fsp3) is 0.533. The van der Waals surface area contributed by atoms with Crippen molar-refractivity contribution in [1.82, 2.24) is 29.5 Å². The van der Waals surface area contributed by atoms with Gasteiger partial charge in [0, 0.05) is 38.8 Å². The van der Waals surface area contributed by atoms with Crippen LogP contribution in [0.1, 0.15) is 41.0 Å². The molecule has 14 heteroatoms. The van der Waals surface area contributed by atoms with E-state index in [1.165, 1.54) is 4.68 Å². The van der Waals surface area contributed by atoms with Gasteiger partial charge in [-0.15, -0.1) is 0 Å². The Bertz CT molecular complexity index is 1620. The molecule has 0 saturated carbocycles. The predicted molar refractivity (Wildman–Crippen MR) is 171 cm³/mol. The molecule has 0 radical (unpaired) electrons. The summed E-state index contributed by atoms with van der Waals surface area (Å²) in [4.78, 5) is 44.8. The lowest BCUT2D eigenvalue weighted by atomic mass is 10.1. The molecule has 2 aliphatic heterocycles. The van der Waals surface area contributed by atoms with E-state index in [1.54, 1.807) is 29.3 Å². The first-order chi connectivity index (χ1) is 20.9. The molecular formula is C30H37Cl2N9O3. The van der Waals surface area contributed by atoms with Gasteiger partial charge in [-0.1, -0.05) is 43.1 Å². The van der Waals surface area contributed by atoms with Crippen molar-refractivity contribution in [3.8, 4) is 11.8 Å². The van der Waals surface area contributed by atoms with Crippen LogP contribution in [0.3, 0.4) is 0 Å². The van der Waals surface area contributed by atoms with Gasteiger partial charge in [0.15, 0.2) is 0 Å². The van der Waals surface area contributed by atoms with E-state index < -0.39 is 23.3 Å². The van der Waals surface area contributed by atoms with Crippen molar-refractivity contribution in [3.05, 3.63) is 44.8 Å². The molecule has 1 aromatic carbocycles. The Morgan fingerprint density at radius 3 is 2.39 bits per heavy atom. The number of aromatic nitrogens is 4. The van der Waals surface area contributed by atoms with E-state index in [4.69, 9.17) is 37.9 Å².